The van der Waals surface area contributed by atoms with Gasteiger partial charge in [0.15, 0.2) is 0 Å². The van der Waals surface area contributed by atoms with Crippen molar-refractivity contribution in [3.63, 3.8) is 0 Å². The van der Waals surface area contributed by atoms with Crippen molar-refractivity contribution >= 4 is 50.1 Å². The molecule has 5 aromatic rings. The molecule has 176 valence electrons. The van der Waals surface area contributed by atoms with E-state index in [9.17, 15) is 4.79 Å². The fourth-order valence-electron chi connectivity index (χ4n) is 4.30. The Morgan fingerprint density at radius 2 is 2.14 bits per heavy atom. The van der Waals surface area contributed by atoms with Crippen molar-refractivity contribution < 1.29 is 9.53 Å². The number of anilines is 2. The molecular formula is C24H22N8O2S. The van der Waals surface area contributed by atoms with Gasteiger partial charge in [-0.2, -0.15) is 5.10 Å². The number of nitrogens with one attached hydrogen (secondary N) is 3. The van der Waals surface area contributed by atoms with Crippen LogP contribution in [0.3, 0.4) is 0 Å². The van der Waals surface area contributed by atoms with E-state index in [1.165, 1.54) is 10.4 Å². The number of fused-ring (bicyclic) bond motifs is 4. The van der Waals surface area contributed by atoms with Gasteiger partial charge in [0.25, 0.3) is 0 Å². The summed E-state index contributed by atoms with van der Waals surface area (Å²) in [5.74, 6) is 0.784. The molecule has 0 saturated heterocycles. The van der Waals surface area contributed by atoms with Gasteiger partial charge in [-0.3, -0.25) is 15.1 Å². The molecule has 1 aliphatic carbocycles. The molecule has 0 bridgehead atoms. The highest BCUT2D eigenvalue weighted by Crippen LogP contribution is 2.39. The Hall–Kier alpha value is -4.12. The zero-order chi connectivity index (χ0) is 23.8. The van der Waals surface area contributed by atoms with Gasteiger partial charge in [-0.1, -0.05) is 0 Å². The lowest BCUT2D eigenvalue weighted by Gasteiger charge is -2.22. The second-order valence-electron chi connectivity index (χ2n) is 8.48. The number of H-pyrrole nitrogens is 1. The largest absolute Gasteiger partial charge is 0.446 e. The van der Waals surface area contributed by atoms with Crippen molar-refractivity contribution in [1.82, 2.24) is 35.5 Å². The summed E-state index contributed by atoms with van der Waals surface area (Å²) in [6, 6.07) is 6.03. The van der Waals surface area contributed by atoms with Crippen molar-refractivity contribution in [2.45, 2.75) is 38.8 Å². The first kappa shape index (κ1) is 21.4. The topological polar surface area (TPSA) is 131 Å². The minimum Gasteiger partial charge on any atom is -0.446 e. The first-order valence-corrected chi connectivity index (χ1v) is 12.1. The molecule has 35 heavy (non-hydrogen) atoms. The zero-order valence-electron chi connectivity index (χ0n) is 18.9. The van der Waals surface area contributed by atoms with Crippen molar-refractivity contribution in [3.8, 4) is 0 Å². The maximum Gasteiger partial charge on any atom is 0.407 e. The number of aromatic amines is 1. The molecule has 6 rings (SSSR count). The summed E-state index contributed by atoms with van der Waals surface area (Å²) < 4.78 is 5.70. The normalized spacial score (nSPS) is 15.2. The maximum atomic E-state index is 12.3. The van der Waals surface area contributed by atoms with Crippen LogP contribution < -0.4 is 10.6 Å². The Bertz CT molecular complexity index is 1530. The van der Waals surface area contributed by atoms with E-state index in [4.69, 9.17) is 4.74 Å². The first-order chi connectivity index (χ1) is 17.1. The van der Waals surface area contributed by atoms with E-state index in [-0.39, 0.29) is 12.6 Å². The maximum absolute atomic E-state index is 12.3. The SMILES string of the molecule is Cc1cnc(CNC(=O)OC2CCc3c(sc4ncnc(Nc5ccc6[nH]ncc6c5)c34)C2)cn1. The summed E-state index contributed by atoms with van der Waals surface area (Å²) in [5.41, 5.74) is 4.67. The van der Waals surface area contributed by atoms with E-state index in [1.807, 2.05) is 25.1 Å². The summed E-state index contributed by atoms with van der Waals surface area (Å²) in [5, 5.41) is 15.3. The molecule has 0 saturated carbocycles. The van der Waals surface area contributed by atoms with E-state index in [1.54, 1.807) is 36.3 Å². The van der Waals surface area contributed by atoms with E-state index >= 15 is 0 Å². The number of benzene rings is 1. The number of amides is 1. The van der Waals surface area contributed by atoms with Gasteiger partial charge in [0.2, 0.25) is 0 Å². The van der Waals surface area contributed by atoms with Crippen molar-refractivity contribution in [3.05, 3.63) is 64.9 Å². The molecule has 1 unspecified atom stereocenters. The molecule has 1 amide bonds. The van der Waals surface area contributed by atoms with Gasteiger partial charge < -0.3 is 15.4 Å². The Balaban J connectivity index is 1.16. The molecule has 0 radical (unpaired) electrons. The summed E-state index contributed by atoms with van der Waals surface area (Å²) in [7, 11) is 0. The fraction of sp³-hybridized carbons (Fsp3) is 0.250. The van der Waals surface area contributed by atoms with Crippen LogP contribution in [-0.2, 0) is 24.1 Å². The Morgan fingerprint density at radius 3 is 3.03 bits per heavy atom. The molecule has 1 atom stereocenters. The minimum absolute atomic E-state index is 0.187. The molecule has 3 N–H and O–H groups in total. The van der Waals surface area contributed by atoms with Crippen LogP contribution in [0.5, 0.6) is 0 Å². The lowest BCUT2D eigenvalue weighted by molar-refractivity contribution is 0.0898. The third kappa shape index (κ3) is 4.37. The lowest BCUT2D eigenvalue weighted by atomic mass is 9.94. The second kappa shape index (κ2) is 8.91. The molecule has 10 nitrogen and oxygen atoms in total. The standard InChI is InChI=1S/C24H22N8O2S/c1-13-8-26-16(10-25-13)11-27-24(33)34-17-3-4-18-20(7-17)35-23-21(18)22(28-12-29-23)31-15-2-5-19-14(6-15)9-30-32-19/h2,5-6,8-10,12,17H,3-4,7,11H2,1H3,(H,27,33)(H,30,32)(H,28,29,31). The predicted molar refractivity (Wildman–Crippen MR) is 133 cm³/mol. The summed E-state index contributed by atoms with van der Waals surface area (Å²) >= 11 is 1.63. The molecule has 0 fully saturated rings. The first-order valence-electron chi connectivity index (χ1n) is 11.3. The molecule has 0 spiro atoms. The van der Waals surface area contributed by atoms with Gasteiger partial charge in [0.05, 0.1) is 41.2 Å². The Morgan fingerprint density at radius 1 is 1.20 bits per heavy atom. The smallest absolute Gasteiger partial charge is 0.407 e. The zero-order valence-corrected chi connectivity index (χ0v) is 19.7. The van der Waals surface area contributed by atoms with Gasteiger partial charge in [0, 0.05) is 28.6 Å². The van der Waals surface area contributed by atoms with Crippen molar-refractivity contribution in [2.75, 3.05) is 5.32 Å². The number of alkyl carbamates (subject to hydrolysis) is 1. The molecule has 4 heterocycles. The highest BCUT2D eigenvalue weighted by atomic mass is 32.1. The van der Waals surface area contributed by atoms with E-state index in [0.717, 1.165) is 51.2 Å². The predicted octanol–water partition coefficient (Wildman–Crippen LogP) is 4.19. The number of carbonyl (C=O) groups excluding carboxylic acids is 1. The van der Waals surface area contributed by atoms with Crippen LogP contribution in [0, 0.1) is 6.92 Å². The van der Waals surface area contributed by atoms with Crippen molar-refractivity contribution in [1.29, 1.82) is 0 Å². The molecular weight excluding hydrogens is 464 g/mol. The second-order valence-corrected chi connectivity index (χ2v) is 9.56. The molecule has 0 aliphatic heterocycles. The summed E-state index contributed by atoms with van der Waals surface area (Å²) in [6.07, 6.45) is 8.27. The van der Waals surface area contributed by atoms with Crippen LogP contribution >= 0.6 is 11.3 Å². The third-order valence-corrected chi connectivity index (χ3v) is 7.19. The number of rotatable bonds is 5. The van der Waals surface area contributed by atoms with Crippen LogP contribution in [0.15, 0.2) is 43.1 Å². The van der Waals surface area contributed by atoms with E-state index < -0.39 is 6.09 Å². The monoisotopic (exact) mass is 486 g/mol. The number of aromatic nitrogens is 6. The van der Waals surface area contributed by atoms with Crippen LogP contribution in [0.4, 0.5) is 16.3 Å². The van der Waals surface area contributed by atoms with Gasteiger partial charge in [-0.25, -0.2) is 14.8 Å². The average Bonchev–Trinajstić information content (AvgIpc) is 3.48. The molecule has 4 aromatic heterocycles. The number of thiophene rings is 1. The molecule has 11 heteroatoms. The van der Waals surface area contributed by atoms with Crippen LogP contribution in [0.25, 0.3) is 21.1 Å². The van der Waals surface area contributed by atoms with Crippen LogP contribution in [-0.4, -0.2) is 42.3 Å². The summed E-state index contributed by atoms with van der Waals surface area (Å²) in [4.78, 5) is 31.9. The van der Waals surface area contributed by atoms with Crippen LogP contribution in [0.2, 0.25) is 0 Å². The third-order valence-electron chi connectivity index (χ3n) is 6.03. The average molecular weight is 487 g/mol. The van der Waals surface area contributed by atoms with Gasteiger partial charge in [-0.15, -0.1) is 11.3 Å². The van der Waals surface area contributed by atoms with Gasteiger partial charge >= 0.3 is 6.09 Å². The number of carbonyl (C=O) groups is 1. The number of nitrogens with zero attached hydrogens (tertiary/aromatic N) is 5. The van der Waals surface area contributed by atoms with E-state index in [0.29, 0.717) is 12.1 Å². The van der Waals surface area contributed by atoms with Gasteiger partial charge in [-0.05, 0) is 43.5 Å². The lowest BCUT2D eigenvalue weighted by Crippen LogP contribution is -2.31. The quantitative estimate of drug-likeness (QED) is 0.337. The number of aryl methyl sites for hydroxylation is 2. The number of hydrogen-bond donors (Lipinski definition) is 3. The Labute approximate surface area is 204 Å². The van der Waals surface area contributed by atoms with E-state index in [2.05, 4.69) is 40.8 Å². The summed E-state index contributed by atoms with van der Waals surface area (Å²) in [6.45, 7) is 2.15. The number of hydrogen-bond acceptors (Lipinski definition) is 9. The van der Waals surface area contributed by atoms with Crippen molar-refractivity contribution in [2.24, 2.45) is 0 Å². The van der Waals surface area contributed by atoms with Gasteiger partial charge in [0.1, 0.15) is 23.1 Å². The fourth-order valence-corrected chi connectivity index (χ4v) is 5.55. The highest BCUT2D eigenvalue weighted by Gasteiger charge is 2.27. The number of ether oxygens (including phenoxy) is 1. The minimum atomic E-state index is -0.446. The molecule has 1 aliphatic rings. The molecule has 1 aromatic carbocycles. The highest BCUT2D eigenvalue weighted by molar-refractivity contribution is 7.19. The van der Waals surface area contributed by atoms with Crippen LogP contribution in [0.1, 0.15) is 28.2 Å². The Kier molecular flexibility index (Phi) is 5.45.